The number of rotatable bonds is 6. The molecule has 150 valence electrons. The average Bonchev–Trinajstić information content (AvgIpc) is 2.59. The lowest BCUT2D eigenvalue weighted by Gasteiger charge is -2.32. The van der Waals surface area contributed by atoms with E-state index in [0.29, 0.717) is 36.1 Å². The van der Waals surface area contributed by atoms with E-state index in [0.717, 1.165) is 25.9 Å². The number of hydrogen-bond acceptors (Lipinski definition) is 4. The van der Waals surface area contributed by atoms with E-state index in [1.165, 1.54) is 0 Å². The Bertz CT molecular complexity index is 646. The maximum Gasteiger partial charge on any atom is 0.407 e. The molecule has 27 heavy (non-hydrogen) atoms. The Morgan fingerprint density at radius 1 is 1.30 bits per heavy atom. The van der Waals surface area contributed by atoms with Gasteiger partial charge in [0.2, 0.25) is 5.91 Å². The van der Waals surface area contributed by atoms with Crippen LogP contribution in [0.3, 0.4) is 0 Å². The van der Waals surface area contributed by atoms with Gasteiger partial charge in [-0.15, -0.1) is 0 Å². The number of halogens is 1. The minimum absolute atomic E-state index is 0.0443. The third-order valence-corrected chi connectivity index (χ3v) is 4.67. The van der Waals surface area contributed by atoms with E-state index in [1.807, 2.05) is 32.9 Å². The van der Waals surface area contributed by atoms with Gasteiger partial charge >= 0.3 is 6.09 Å². The molecule has 7 heteroatoms. The minimum atomic E-state index is -0.488. The van der Waals surface area contributed by atoms with Crippen molar-refractivity contribution in [3.05, 3.63) is 29.3 Å². The lowest BCUT2D eigenvalue weighted by molar-refractivity contribution is -0.116. The van der Waals surface area contributed by atoms with Gasteiger partial charge < -0.3 is 20.3 Å². The molecule has 2 rings (SSSR count). The fraction of sp³-hybridized carbons (Fsp3) is 0.600. The van der Waals surface area contributed by atoms with E-state index in [2.05, 4.69) is 15.5 Å². The maximum absolute atomic E-state index is 12.2. The Kier molecular flexibility index (Phi) is 7.92. The van der Waals surface area contributed by atoms with Crippen LogP contribution in [0.5, 0.6) is 0 Å². The van der Waals surface area contributed by atoms with Crippen molar-refractivity contribution in [2.24, 2.45) is 5.92 Å². The van der Waals surface area contributed by atoms with Crippen LogP contribution in [-0.4, -0.2) is 48.7 Å². The molecule has 0 spiro atoms. The summed E-state index contributed by atoms with van der Waals surface area (Å²) in [4.78, 5) is 26.2. The first kappa shape index (κ1) is 21.5. The number of carbonyl (C=O) groups is 2. The van der Waals surface area contributed by atoms with Gasteiger partial charge in [0.15, 0.2) is 0 Å². The second-order valence-electron chi connectivity index (χ2n) is 7.97. The van der Waals surface area contributed by atoms with Gasteiger partial charge in [-0.2, -0.15) is 0 Å². The summed E-state index contributed by atoms with van der Waals surface area (Å²) in [5, 5.41) is 6.24. The number of benzene rings is 1. The standard InChI is InChI=1S/C20H30ClN3O3/c1-20(2,3)27-19(26)22-13-15-7-6-11-24(14-15)12-10-18(25)23-17-9-5-4-8-16(17)21/h4-5,8-9,15H,6-7,10-14H2,1-3H3,(H,22,26)(H,23,25). The molecular weight excluding hydrogens is 366 g/mol. The van der Waals surface area contributed by atoms with Gasteiger partial charge in [0.25, 0.3) is 0 Å². The van der Waals surface area contributed by atoms with Crippen molar-refractivity contribution in [3.63, 3.8) is 0 Å². The smallest absolute Gasteiger partial charge is 0.407 e. The molecule has 1 fully saturated rings. The largest absolute Gasteiger partial charge is 0.444 e. The number of nitrogens with zero attached hydrogens (tertiary/aromatic N) is 1. The topological polar surface area (TPSA) is 70.7 Å². The van der Waals surface area contributed by atoms with Crippen LogP contribution in [0.15, 0.2) is 24.3 Å². The Morgan fingerprint density at radius 3 is 2.74 bits per heavy atom. The predicted octanol–water partition coefficient (Wildman–Crippen LogP) is 3.91. The molecule has 1 aliphatic rings. The summed E-state index contributed by atoms with van der Waals surface area (Å²) in [7, 11) is 0. The highest BCUT2D eigenvalue weighted by Gasteiger charge is 2.22. The van der Waals surface area contributed by atoms with Crippen LogP contribution < -0.4 is 10.6 Å². The van der Waals surface area contributed by atoms with Crippen LogP contribution in [0, 0.1) is 5.92 Å². The van der Waals surface area contributed by atoms with Crippen molar-refractivity contribution >= 4 is 29.3 Å². The van der Waals surface area contributed by atoms with Crippen molar-refractivity contribution in [2.45, 2.75) is 45.6 Å². The molecule has 6 nitrogen and oxygen atoms in total. The summed E-state index contributed by atoms with van der Waals surface area (Å²) >= 11 is 6.07. The molecule has 1 saturated heterocycles. The number of hydrogen-bond donors (Lipinski definition) is 2. The van der Waals surface area contributed by atoms with Gasteiger partial charge in [-0.3, -0.25) is 4.79 Å². The lowest BCUT2D eigenvalue weighted by atomic mass is 9.98. The van der Waals surface area contributed by atoms with Crippen molar-refractivity contribution in [1.29, 1.82) is 0 Å². The monoisotopic (exact) mass is 395 g/mol. The van der Waals surface area contributed by atoms with Crippen molar-refractivity contribution < 1.29 is 14.3 Å². The molecule has 1 aromatic carbocycles. The molecule has 1 heterocycles. The Hall–Kier alpha value is -1.79. The first-order chi connectivity index (χ1) is 12.7. The summed E-state index contributed by atoms with van der Waals surface area (Å²) in [5.74, 6) is 0.329. The Morgan fingerprint density at radius 2 is 2.04 bits per heavy atom. The van der Waals surface area contributed by atoms with Crippen molar-refractivity contribution in [2.75, 3.05) is 31.5 Å². The molecule has 0 aliphatic carbocycles. The SMILES string of the molecule is CC(C)(C)OC(=O)NCC1CCCN(CCC(=O)Nc2ccccc2Cl)C1. The third-order valence-electron chi connectivity index (χ3n) is 4.34. The number of anilines is 1. The third kappa shape index (κ3) is 8.18. The molecule has 1 aliphatic heterocycles. The molecular formula is C20H30ClN3O3. The molecule has 2 N–H and O–H groups in total. The van der Waals surface area contributed by atoms with Gasteiger partial charge in [0, 0.05) is 26.1 Å². The van der Waals surface area contributed by atoms with Crippen molar-refractivity contribution in [3.8, 4) is 0 Å². The van der Waals surface area contributed by atoms with Crippen LogP contribution in [0.2, 0.25) is 5.02 Å². The molecule has 0 saturated carbocycles. The van der Waals surface area contributed by atoms with Gasteiger partial charge in [-0.05, 0) is 58.2 Å². The minimum Gasteiger partial charge on any atom is -0.444 e. The number of amides is 2. The van der Waals surface area contributed by atoms with E-state index in [-0.39, 0.29) is 12.0 Å². The highest BCUT2D eigenvalue weighted by molar-refractivity contribution is 6.33. The number of likely N-dealkylation sites (tertiary alicyclic amines) is 1. The Balaban J connectivity index is 1.70. The van der Waals surface area contributed by atoms with E-state index >= 15 is 0 Å². The average molecular weight is 396 g/mol. The number of ether oxygens (including phenoxy) is 1. The molecule has 1 atom stereocenters. The zero-order valence-corrected chi connectivity index (χ0v) is 17.1. The highest BCUT2D eigenvalue weighted by atomic mass is 35.5. The van der Waals surface area contributed by atoms with Gasteiger partial charge in [0.1, 0.15) is 5.60 Å². The van der Waals surface area contributed by atoms with E-state index in [4.69, 9.17) is 16.3 Å². The molecule has 0 radical (unpaired) electrons. The van der Waals surface area contributed by atoms with Crippen LogP contribution in [0.4, 0.5) is 10.5 Å². The number of carbonyl (C=O) groups excluding carboxylic acids is 2. The normalized spacial score (nSPS) is 18.0. The number of nitrogens with one attached hydrogen (secondary N) is 2. The van der Waals surface area contributed by atoms with Gasteiger partial charge in [-0.25, -0.2) is 4.79 Å². The van der Waals surface area contributed by atoms with Crippen LogP contribution in [0.25, 0.3) is 0 Å². The van der Waals surface area contributed by atoms with E-state index in [1.54, 1.807) is 12.1 Å². The molecule has 1 aromatic rings. The van der Waals surface area contributed by atoms with Gasteiger partial charge in [0.05, 0.1) is 10.7 Å². The molecule has 1 unspecified atom stereocenters. The second kappa shape index (κ2) is 9.95. The summed E-state index contributed by atoms with van der Waals surface area (Å²) in [6.45, 7) is 8.68. The predicted molar refractivity (Wildman–Crippen MR) is 108 cm³/mol. The van der Waals surface area contributed by atoms with Crippen LogP contribution >= 0.6 is 11.6 Å². The van der Waals surface area contributed by atoms with E-state index in [9.17, 15) is 9.59 Å². The zero-order chi connectivity index (χ0) is 19.9. The fourth-order valence-corrected chi connectivity index (χ4v) is 3.28. The first-order valence-corrected chi connectivity index (χ1v) is 9.84. The first-order valence-electron chi connectivity index (χ1n) is 9.46. The summed E-state index contributed by atoms with van der Waals surface area (Å²) < 4.78 is 5.27. The Labute approximate surface area is 166 Å². The zero-order valence-electron chi connectivity index (χ0n) is 16.4. The quantitative estimate of drug-likeness (QED) is 0.766. The van der Waals surface area contributed by atoms with Gasteiger partial charge in [-0.1, -0.05) is 23.7 Å². The molecule has 2 amide bonds. The number of alkyl carbamates (subject to hydrolysis) is 1. The fourth-order valence-electron chi connectivity index (χ4n) is 3.10. The maximum atomic E-state index is 12.2. The summed E-state index contributed by atoms with van der Waals surface area (Å²) in [5.41, 5.74) is 0.153. The van der Waals surface area contributed by atoms with Crippen LogP contribution in [-0.2, 0) is 9.53 Å². The number of para-hydroxylation sites is 1. The highest BCUT2D eigenvalue weighted by Crippen LogP contribution is 2.21. The lowest BCUT2D eigenvalue weighted by Crippen LogP contribution is -2.42. The number of piperidine rings is 1. The summed E-state index contributed by atoms with van der Waals surface area (Å²) in [6.07, 6.45) is 2.17. The van der Waals surface area contributed by atoms with Crippen molar-refractivity contribution in [1.82, 2.24) is 10.2 Å². The summed E-state index contributed by atoms with van der Waals surface area (Å²) in [6, 6.07) is 7.22. The molecule has 0 bridgehead atoms. The second-order valence-corrected chi connectivity index (χ2v) is 8.38. The van der Waals surface area contributed by atoms with E-state index < -0.39 is 5.60 Å². The molecule has 0 aromatic heterocycles. The van der Waals surface area contributed by atoms with Crippen LogP contribution in [0.1, 0.15) is 40.0 Å².